The van der Waals surface area contributed by atoms with E-state index in [2.05, 4.69) is 39.3 Å². The Hall–Kier alpha value is -5.05. The first kappa shape index (κ1) is 31.5. The highest BCUT2D eigenvalue weighted by Crippen LogP contribution is 2.38. The molecular formula is C34H31F3N6O5. The van der Waals surface area contributed by atoms with Crippen molar-refractivity contribution in [3.05, 3.63) is 108 Å². The SMILES string of the molecule is O=C(O[C@H]1[C@@H](O)[C@H](n2cnc3c(NCC(c4ccccc4)c4ccccc4)nc(N4CCc5ccccc54)nc32)O[C@@H]1CO)C(F)(F)F. The van der Waals surface area contributed by atoms with Crippen molar-refractivity contribution in [3.8, 4) is 0 Å². The van der Waals surface area contributed by atoms with Crippen molar-refractivity contribution in [3.63, 3.8) is 0 Å². The molecular weight excluding hydrogens is 629 g/mol. The molecule has 0 amide bonds. The Bertz CT molecular complexity index is 1870. The van der Waals surface area contributed by atoms with Crippen LogP contribution < -0.4 is 10.2 Å². The number of fused-ring (bicyclic) bond motifs is 2. The van der Waals surface area contributed by atoms with Crippen LogP contribution in [0.2, 0.25) is 0 Å². The van der Waals surface area contributed by atoms with Crippen LogP contribution in [0.3, 0.4) is 0 Å². The Morgan fingerprint density at radius 1 is 1.00 bits per heavy atom. The molecule has 2 aliphatic rings. The van der Waals surface area contributed by atoms with Gasteiger partial charge in [0.05, 0.1) is 12.9 Å². The van der Waals surface area contributed by atoms with E-state index in [4.69, 9.17) is 14.7 Å². The van der Waals surface area contributed by atoms with Crippen LogP contribution in [0, 0.1) is 0 Å². The second kappa shape index (κ2) is 12.9. The summed E-state index contributed by atoms with van der Waals surface area (Å²) in [4.78, 5) is 27.8. The van der Waals surface area contributed by atoms with E-state index in [-0.39, 0.29) is 11.6 Å². The summed E-state index contributed by atoms with van der Waals surface area (Å²) in [5.41, 5.74) is 4.74. The fourth-order valence-electron chi connectivity index (χ4n) is 6.31. The van der Waals surface area contributed by atoms with Gasteiger partial charge in [-0.2, -0.15) is 23.1 Å². The summed E-state index contributed by atoms with van der Waals surface area (Å²) < 4.78 is 50.8. The smallest absolute Gasteiger partial charge is 0.450 e. The van der Waals surface area contributed by atoms with E-state index in [9.17, 15) is 28.2 Å². The molecule has 0 radical (unpaired) electrons. The number of carbonyl (C=O) groups is 1. The lowest BCUT2D eigenvalue weighted by Crippen LogP contribution is -2.41. The quantitative estimate of drug-likeness (QED) is 0.194. The number of aliphatic hydroxyl groups is 2. The van der Waals surface area contributed by atoms with Crippen molar-refractivity contribution in [1.82, 2.24) is 19.5 Å². The zero-order chi connectivity index (χ0) is 33.4. The topological polar surface area (TPSA) is 135 Å². The molecule has 14 heteroatoms. The van der Waals surface area contributed by atoms with Crippen LogP contribution in [0.4, 0.5) is 30.6 Å². The predicted molar refractivity (Wildman–Crippen MR) is 169 cm³/mol. The van der Waals surface area contributed by atoms with Gasteiger partial charge in [0.2, 0.25) is 5.95 Å². The first-order valence-electron chi connectivity index (χ1n) is 15.4. The molecule has 4 heterocycles. The molecule has 48 heavy (non-hydrogen) atoms. The molecule has 0 bridgehead atoms. The van der Waals surface area contributed by atoms with Crippen LogP contribution in [0.1, 0.15) is 28.8 Å². The number of benzene rings is 3. The molecule has 248 valence electrons. The van der Waals surface area contributed by atoms with Gasteiger partial charge in [-0.25, -0.2) is 9.78 Å². The van der Waals surface area contributed by atoms with Crippen molar-refractivity contribution in [2.45, 2.75) is 43.1 Å². The Morgan fingerprint density at radius 2 is 1.67 bits per heavy atom. The first-order chi connectivity index (χ1) is 23.2. The number of nitrogens with zero attached hydrogens (tertiary/aromatic N) is 5. The minimum atomic E-state index is -5.30. The molecule has 1 fully saturated rings. The third-order valence-corrected chi connectivity index (χ3v) is 8.65. The number of rotatable bonds is 9. The molecule has 5 aromatic rings. The monoisotopic (exact) mass is 660 g/mol. The zero-order valence-corrected chi connectivity index (χ0v) is 25.4. The molecule has 4 atom stereocenters. The van der Waals surface area contributed by atoms with Crippen molar-refractivity contribution < 1.29 is 37.7 Å². The summed E-state index contributed by atoms with van der Waals surface area (Å²) in [5, 5.41) is 24.4. The molecule has 3 aromatic carbocycles. The molecule has 11 nitrogen and oxygen atoms in total. The number of aliphatic hydroxyl groups excluding tert-OH is 2. The zero-order valence-electron chi connectivity index (χ0n) is 25.4. The minimum absolute atomic E-state index is 0.0650. The normalized spacial score (nSPS) is 20.8. The number of ether oxygens (including phenoxy) is 2. The fraction of sp³-hybridized carbons (Fsp3) is 0.294. The summed E-state index contributed by atoms with van der Waals surface area (Å²) in [5.74, 6) is -1.84. The number of hydrogen-bond donors (Lipinski definition) is 3. The fourth-order valence-corrected chi connectivity index (χ4v) is 6.31. The van der Waals surface area contributed by atoms with Crippen molar-refractivity contribution in [2.24, 2.45) is 0 Å². The molecule has 3 N–H and O–H groups in total. The number of hydrogen-bond acceptors (Lipinski definition) is 10. The maximum absolute atomic E-state index is 13.0. The number of halogens is 3. The van der Waals surface area contributed by atoms with E-state index in [0.29, 0.717) is 30.4 Å². The molecule has 2 aromatic heterocycles. The average molecular weight is 661 g/mol. The van der Waals surface area contributed by atoms with Gasteiger partial charge in [0.25, 0.3) is 0 Å². The summed E-state index contributed by atoms with van der Waals surface area (Å²) >= 11 is 0. The van der Waals surface area contributed by atoms with Gasteiger partial charge >= 0.3 is 12.1 Å². The summed E-state index contributed by atoms with van der Waals surface area (Å²) in [6, 6.07) is 27.9. The Morgan fingerprint density at radius 3 is 2.33 bits per heavy atom. The molecule has 1 saturated heterocycles. The van der Waals surface area contributed by atoms with Gasteiger partial charge in [-0.15, -0.1) is 0 Å². The van der Waals surface area contributed by atoms with Crippen molar-refractivity contribution in [1.29, 1.82) is 0 Å². The van der Waals surface area contributed by atoms with Crippen LogP contribution >= 0.6 is 0 Å². The number of anilines is 3. The van der Waals surface area contributed by atoms with Gasteiger partial charge in [0.1, 0.15) is 12.2 Å². The molecule has 7 rings (SSSR count). The van der Waals surface area contributed by atoms with E-state index in [1.165, 1.54) is 10.9 Å². The Balaban J connectivity index is 1.28. The number of carbonyl (C=O) groups excluding carboxylic acids is 1. The summed E-state index contributed by atoms with van der Waals surface area (Å²) in [6.45, 7) is 0.210. The number of nitrogens with one attached hydrogen (secondary N) is 1. The van der Waals surface area contributed by atoms with Crippen molar-refractivity contribution in [2.75, 3.05) is 29.9 Å². The molecule has 2 aliphatic heterocycles. The number of aromatic nitrogens is 4. The van der Waals surface area contributed by atoms with Crippen LogP contribution in [0.15, 0.2) is 91.3 Å². The van der Waals surface area contributed by atoms with Gasteiger partial charge < -0.3 is 29.9 Å². The van der Waals surface area contributed by atoms with Gasteiger partial charge in [0.15, 0.2) is 29.3 Å². The van der Waals surface area contributed by atoms with Crippen LogP contribution in [0.25, 0.3) is 11.2 Å². The predicted octanol–water partition coefficient (Wildman–Crippen LogP) is 4.49. The van der Waals surface area contributed by atoms with E-state index in [1.54, 1.807) is 0 Å². The lowest BCUT2D eigenvalue weighted by atomic mass is 9.91. The Kier molecular flexibility index (Phi) is 8.45. The highest BCUT2D eigenvalue weighted by Gasteiger charge is 2.51. The largest absolute Gasteiger partial charge is 0.490 e. The number of esters is 1. The third-order valence-electron chi connectivity index (χ3n) is 8.65. The van der Waals surface area contributed by atoms with E-state index in [0.717, 1.165) is 28.8 Å². The maximum Gasteiger partial charge on any atom is 0.490 e. The Labute approximate surface area is 272 Å². The van der Waals surface area contributed by atoms with Crippen molar-refractivity contribution >= 4 is 34.6 Å². The van der Waals surface area contributed by atoms with Gasteiger partial charge in [-0.05, 0) is 29.2 Å². The first-order valence-corrected chi connectivity index (χ1v) is 15.4. The van der Waals surface area contributed by atoms with Crippen LogP contribution in [-0.4, -0.2) is 79.9 Å². The molecule has 0 saturated carbocycles. The lowest BCUT2D eigenvalue weighted by molar-refractivity contribution is -0.210. The standard InChI is InChI=1S/C34H31F3N6O5/c35-34(36,37)32(46)48-28-25(18-44)47-31(27(28)45)43-19-39-26-29(38-17-23(20-9-3-1-4-10-20)21-11-5-2-6-12-21)40-33(41-30(26)43)42-16-15-22-13-7-8-14-24(22)42/h1-14,19,23,25,27-28,31,44-45H,15-18H2,(H,38,40,41)/t25-,27-,28-,31-/m1/s1. The maximum atomic E-state index is 13.0. The second-order valence-corrected chi connectivity index (χ2v) is 11.6. The third kappa shape index (κ3) is 5.93. The van der Waals surface area contributed by atoms with Gasteiger partial charge in [0, 0.05) is 24.7 Å². The van der Waals surface area contributed by atoms with Crippen LogP contribution in [0.5, 0.6) is 0 Å². The highest BCUT2D eigenvalue weighted by molar-refractivity contribution is 5.85. The van der Waals surface area contributed by atoms with E-state index in [1.807, 2.05) is 65.6 Å². The molecule has 0 unspecified atom stereocenters. The summed E-state index contributed by atoms with van der Waals surface area (Å²) in [6.07, 6.45) is -9.61. The van der Waals surface area contributed by atoms with E-state index >= 15 is 0 Å². The molecule has 0 aliphatic carbocycles. The van der Waals surface area contributed by atoms with Gasteiger partial charge in [-0.3, -0.25) is 4.57 Å². The van der Waals surface area contributed by atoms with E-state index < -0.39 is 43.3 Å². The second-order valence-electron chi connectivity index (χ2n) is 11.6. The lowest BCUT2D eigenvalue weighted by Gasteiger charge is -2.22. The highest BCUT2D eigenvalue weighted by atomic mass is 19.4. The summed E-state index contributed by atoms with van der Waals surface area (Å²) in [7, 11) is 0. The van der Waals surface area contributed by atoms with Crippen LogP contribution in [-0.2, 0) is 20.7 Å². The number of imidazole rings is 1. The number of para-hydroxylation sites is 1. The minimum Gasteiger partial charge on any atom is -0.450 e. The number of alkyl halides is 3. The van der Waals surface area contributed by atoms with Gasteiger partial charge in [-0.1, -0.05) is 78.9 Å². The molecule has 0 spiro atoms. The average Bonchev–Trinajstić information content (AvgIpc) is 3.81.